The van der Waals surface area contributed by atoms with E-state index >= 15 is 0 Å². The number of aliphatic carboxylic acids is 1. The molecular formula is C13H24N2O4. The van der Waals surface area contributed by atoms with Gasteiger partial charge >= 0.3 is 12.0 Å². The van der Waals surface area contributed by atoms with Crippen molar-refractivity contribution in [1.29, 1.82) is 0 Å². The molecule has 0 aromatic rings. The minimum Gasteiger partial charge on any atom is -0.481 e. The summed E-state index contributed by atoms with van der Waals surface area (Å²) in [6.07, 6.45) is 3.70. The number of amides is 2. The lowest BCUT2D eigenvalue weighted by atomic mass is 9.66. The van der Waals surface area contributed by atoms with Gasteiger partial charge in [-0.2, -0.15) is 0 Å². The maximum absolute atomic E-state index is 11.7. The fraction of sp³-hybridized carbons (Fsp3) is 0.846. The number of ether oxygens (including phenoxy) is 1. The predicted octanol–water partition coefficient (Wildman–Crippen LogP) is 1.36. The van der Waals surface area contributed by atoms with Gasteiger partial charge in [-0.15, -0.1) is 0 Å². The Hall–Kier alpha value is -1.30. The van der Waals surface area contributed by atoms with E-state index in [0.717, 1.165) is 25.7 Å². The first kappa shape index (κ1) is 15.8. The van der Waals surface area contributed by atoms with Crippen molar-refractivity contribution in [3.05, 3.63) is 0 Å². The van der Waals surface area contributed by atoms with Crippen LogP contribution in [0.15, 0.2) is 0 Å². The highest BCUT2D eigenvalue weighted by molar-refractivity contribution is 5.74. The molecule has 0 aromatic heterocycles. The first-order chi connectivity index (χ1) is 9.01. The number of carbonyl (C=O) groups excluding carboxylic acids is 1. The van der Waals surface area contributed by atoms with Gasteiger partial charge in [0.25, 0.3) is 0 Å². The first-order valence-corrected chi connectivity index (χ1v) is 6.76. The molecule has 0 bridgehead atoms. The summed E-state index contributed by atoms with van der Waals surface area (Å²) in [6, 6.07) is -0.262. The van der Waals surface area contributed by atoms with Crippen molar-refractivity contribution in [2.24, 2.45) is 5.41 Å². The molecule has 0 heterocycles. The van der Waals surface area contributed by atoms with Gasteiger partial charge in [0.2, 0.25) is 0 Å². The van der Waals surface area contributed by atoms with Crippen molar-refractivity contribution >= 4 is 12.0 Å². The van der Waals surface area contributed by atoms with Gasteiger partial charge in [0, 0.05) is 13.7 Å². The molecule has 1 saturated carbocycles. The number of rotatable bonds is 8. The van der Waals surface area contributed by atoms with Crippen LogP contribution in [0.5, 0.6) is 0 Å². The fourth-order valence-electron chi connectivity index (χ4n) is 2.38. The molecule has 110 valence electrons. The SMILES string of the molecule is CCC(COC)NC(=O)NCC1(CC(=O)O)CCC1. The van der Waals surface area contributed by atoms with Crippen LogP contribution >= 0.6 is 0 Å². The molecule has 1 aliphatic carbocycles. The van der Waals surface area contributed by atoms with E-state index in [4.69, 9.17) is 9.84 Å². The van der Waals surface area contributed by atoms with E-state index in [1.165, 1.54) is 0 Å². The van der Waals surface area contributed by atoms with Gasteiger partial charge in [-0.1, -0.05) is 13.3 Å². The van der Waals surface area contributed by atoms with Gasteiger partial charge < -0.3 is 20.5 Å². The number of carbonyl (C=O) groups is 2. The largest absolute Gasteiger partial charge is 0.481 e. The van der Waals surface area contributed by atoms with Crippen LogP contribution in [-0.4, -0.2) is 43.4 Å². The number of nitrogens with one attached hydrogen (secondary N) is 2. The number of urea groups is 1. The molecule has 1 rings (SSSR count). The van der Waals surface area contributed by atoms with Crippen LogP contribution in [0.2, 0.25) is 0 Å². The van der Waals surface area contributed by atoms with E-state index in [1.54, 1.807) is 7.11 Å². The van der Waals surface area contributed by atoms with Crippen LogP contribution < -0.4 is 10.6 Å². The monoisotopic (exact) mass is 272 g/mol. The molecule has 1 aliphatic rings. The van der Waals surface area contributed by atoms with Crippen LogP contribution in [-0.2, 0) is 9.53 Å². The molecule has 1 unspecified atom stereocenters. The molecular weight excluding hydrogens is 248 g/mol. The minimum atomic E-state index is -0.798. The molecule has 0 aromatic carbocycles. The number of carboxylic acid groups (broad SMARTS) is 1. The number of hydrogen-bond acceptors (Lipinski definition) is 3. The third-order valence-electron chi connectivity index (χ3n) is 3.76. The summed E-state index contributed by atoms with van der Waals surface area (Å²) in [7, 11) is 1.60. The number of hydrogen-bond donors (Lipinski definition) is 3. The maximum atomic E-state index is 11.7. The second kappa shape index (κ2) is 7.33. The Morgan fingerprint density at radius 3 is 2.53 bits per heavy atom. The van der Waals surface area contributed by atoms with E-state index in [0.29, 0.717) is 13.2 Å². The summed E-state index contributed by atoms with van der Waals surface area (Å²) in [4.78, 5) is 22.6. The molecule has 3 N–H and O–H groups in total. The van der Waals surface area contributed by atoms with Gasteiger partial charge in [-0.05, 0) is 24.7 Å². The van der Waals surface area contributed by atoms with E-state index in [2.05, 4.69) is 10.6 Å². The molecule has 19 heavy (non-hydrogen) atoms. The van der Waals surface area contributed by atoms with Crippen molar-refractivity contribution in [3.63, 3.8) is 0 Å². The lowest BCUT2D eigenvalue weighted by Crippen LogP contribution is -2.49. The van der Waals surface area contributed by atoms with Crippen molar-refractivity contribution in [1.82, 2.24) is 10.6 Å². The predicted molar refractivity (Wildman–Crippen MR) is 71.0 cm³/mol. The molecule has 0 radical (unpaired) electrons. The minimum absolute atomic E-state index is 0.0122. The molecule has 1 fully saturated rings. The molecule has 0 aliphatic heterocycles. The normalized spacial score (nSPS) is 18.2. The molecule has 1 atom stereocenters. The van der Waals surface area contributed by atoms with Gasteiger partial charge in [0.05, 0.1) is 19.1 Å². The van der Waals surface area contributed by atoms with Gasteiger partial charge in [-0.25, -0.2) is 4.79 Å². The van der Waals surface area contributed by atoms with E-state index in [1.807, 2.05) is 6.92 Å². The van der Waals surface area contributed by atoms with Gasteiger partial charge in [-0.3, -0.25) is 4.79 Å². The highest BCUT2D eigenvalue weighted by Crippen LogP contribution is 2.43. The lowest BCUT2D eigenvalue weighted by molar-refractivity contribution is -0.141. The highest BCUT2D eigenvalue weighted by atomic mass is 16.5. The van der Waals surface area contributed by atoms with Crippen LogP contribution in [0, 0.1) is 5.41 Å². The molecule has 6 nitrogen and oxygen atoms in total. The van der Waals surface area contributed by atoms with Crippen LogP contribution in [0.1, 0.15) is 39.0 Å². The smallest absolute Gasteiger partial charge is 0.315 e. The third kappa shape index (κ3) is 5.06. The Bertz CT molecular complexity index is 316. The van der Waals surface area contributed by atoms with Gasteiger partial charge in [0.1, 0.15) is 0 Å². The summed E-state index contributed by atoms with van der Waals surface area (Å²) in [5, 5.41) is 14.5. The van der Waals surface area contributed by atoms with E-state index in [-0.39, 0.29) is 23.9 Å². The second-order valence-corrected chi connectivity index (χ2v) is 5.31. The Morgan fingerprint density at radius 1 is 1.42 bits per heavy atom. The Balaban J connectivity index is 2.34. The molecule has 2 amide bonds. The Labute approximate surface area is 113 Å². The van der Waals surface area contributed by atoms with E-state index < -0.39 is 5.97 Å². The maximum Gasteiger partial charge on any atom is 0.315 e. The van der Waals surface area contributed by atoms with Crippen molar-refractivity contribution < 1.29 is 19.4 Å². The average Bonchev–Trinajstić information content (AvgIpc) is 2.31. The molecule has 6 heteroatoms. The Kier molecular flexibility index (Phi) is 6.08. The zero-order valence-corrected chi connectivity index (χ0v) is 11.7. The van der Waals surface area contributed by atoms with Gasteiger partial charge in [0.15, 0.2) is 0 Å². The second-order valence-electron chi connectivity index (χ2n) is 5.31. The van der Waals surface area contributed by atoms with E-state index in [9.17, 15) is 9.59 Å². The van der Waals surface area contributed by atoms with Crippen molar-refractivity contribution in [2.75, 3.05) is 20.3 Å². The van der Waals surface area contributed by atoms with Crippen LogP contribution in [0.25, 0.3) is 0 Å². The zero-order chi connectivity index (χ0) is 14.3. The summed E-state index contributed by atoms with van der Waals surface area (Å²) < 4.78 is 5.01. The Morgan fingerprint density at radius 2 is 2.11 bits per heavy atom. The lowest BCUT2D eigenvalue weighted by Gasteiger charge is -2.40. The summed E-state index contributed by atoms with van der Waals surface area (Å²) >= 11 is 0. The average molecular weight is 272 g/mol. The molecule has 0 spiro atoms. The van der Waals surface area contributed by atoms with Crippen molar-refractivity contribution in [2.45, 2.75) is 45.1 Å². The quantitative estimate of drug-likeness (QED) is 0.622. The highest BCUT2D eigenvalue weighted by Gasteiger charge is 2.39. The number of carboxylic acids is 1. The fourth-order valence-corrected chi connectivity index (χ4v) is 2.38. The molecule has 0 saturated heterocycles. The van der Waals surface area contributed by atoms with Crippen LogP contribution in [0.3, 0.4) is 0 Å². The summed E-state index contributed by atoms with van der Waals surface area (Å²) in [6.45, 7) is 2.88. The topological polar surface area (TPSA) is 87.7 Å². The van der Waals surface area contributed by atoms with Crippen molar-refractivity contribution in [3.8, 4) is 0 Å². The summed E-state index contributed by atoms with van der Waals surface area (Å²) in [5.41, 5.74) is -0.244. The standard InChI is InChI=1S/C13H24N2O4/c1-3-10(8-19-2)15-12(18)14-9-13(5-4-6-13)7-11(16)17/h10H,3-9H2,1-2H3,(H,16,17)(H2,14,15,18). The summed E-state index contributed by atoms with van der Waals surface area (Å²) in [5.74, 6) is -0.798. The third-order valence-corrected chi connectivity index (χ3v) is 3.76. The zero-order valence-electron chi connectivity index (χ0n) is 11.7. The first-order valence-electron chi connectivity index (χ1n) is 6.76. The number of methoxy groups -OCH3 is 1. The van der Waals surface area contributed by atoms with Crippen LogP contribution in [0.4, 0.5) is 4.79 Å².